The Hall–Kier alpha value is -3.35. The van der Waals surface area contributed by atoms with Gasteiger partial charge in [-0.25, -0.2) is 9.69 Å². The molecule has 0 bridgehead atoms. The van der Waals surface area contributed by atoms with Crippen molar-refractivity contribution in [1.29, 1.82) is 0 Å². The Labute approximate surface area is 156 Å². The molecule has 0 fully saturated rings. The van der Waals surface area contributed by atoms with Crippen LogP contribution in [0.4, 0.5) is 0 Å². The molecule has 3 rings (SSSR count). The standard InChI is InChI=1S/C20H19NO6/c1-3-10-26-16-9-8-13(11-17(16)25-2)20(24)27-12-21-18(22)14-6-4-5-7-15(14)19(21)23/h4-9,11H,3,10,12H2,1-2H3. The van der Waals surface area contributed by atoms with Gasteiger partial charge < -0.3 is 14.2 Å². The first-order chi connectivity index (χ1) is 13.1. The lowest BCUT2D eigenvalue weighted by Gasteiger charge is -2.15. The molecule has 140 valence electrons. The van der Waals surface area contributed by atoms with Crippen LogP contribution in [0.15, 0.2) is 42.5 Å². The van der Waals surface area contributed by atoms with E-state index in [1.165, 1.54) is 19.2 Å². The van der Waals surface area contributed by atoms with Gasteiger partial charge in [-0.05, 0) is 36.8 Å². The topological polar surface area (TPSA) is 82.1 Å². The third kappa shape index (κ3) is 3.62. The molecule has 2 amide bonds. The lowest BCUT2D eigenvalue weighted by Crippen LogP contribution is -2.33. The van der Waals surface area contributed by atoms with Gasteiger partial charge in [0.2, 0.25) is 0 Å². The Bertz CT molecular complexity index is 857. The molecule has 0 unspecified atom stereocenters. The molecule has 0 saturated carbocycles. The number of carbonyl (C=O) groups excluding carboxylic acids is 3. The molecule has 27 heavy (non-hydrogen) atoms. The summed E-state index contributed by atoms with van der Waals surface area (Å²) >= 11 is 0. The molecule has 1 heterocycles. The number of ether oxygens (including phenoxy) is 3. The maximum absolute atomic E-state index is 12.3. The minimum absolute atomic E-state index is 0.229. The SMILES string of the molecule is CCCOc1ccc(C(=O)OCN2C(=O)c3ccccc3C2=O)cc1OC. The second-order valence-electron chi connectivity index (χ2n) is 5.86. The maximum atomic E-state index is 12.3. The van der Waals surface area contributed by atoms with Crippen LogP contribution in [0.5, 0.6) is 11.5 Å². The van der Waals surface area contributed by atoms with Crippen molar-refractivity contribution in [3.63, 3.8) is 0 Å². The van der Waals surface area contributed by atoms with Gasteiger partial charge in [0.15, 0.2) is 18.2 Å². The second kappa shape index (κ2) is 7.90. The first-order valence-electron chi connectivity index (χ1n) is 8.50. The molecule has 2 aromatic carbocycles. The summed E-state index contributed by atoms with van der Waals surface area (Å²) in [6, 6.07) is 11.1. The van der Waals surface area contributed by atoms with E-state index in [0.29, 0.717) is 29.2 Å². The van der Waals surface area contributed by atoms with Gasteiger partial charge in [0.25, 0.3) is 11.8 Å². The molecule has 1 aliphatic rings. The highest BCUT2D eigenvalue weighted by molar-refractivity contribution is 6.21. The maximum Gasteiger partial charge on any atom is 0.340 e. The van der Waals surface area contributed by atoms with Gasteiger partial charge >= 0.3 is 5.97 Å². The largest absolute Gasteiger partial charge is 0.493 e. The van der Waals surface area contributed by atoms with E-state index in [4.69, 9.17) is 14.2 Å². The van der Waals surface area contributed by atoms with Gasteiger partial charge in [0.1, 0.15) is 0 Å². The predicted octanol–water partition coefficient (Wildman–Crippen LogP) is 2.89. The Kier molecular flexibility index (Phi) is 5.40. The monoisotopic (exact) mass is 369 g/mol. The number of esters is 1. The number of fused-ring (bicyclic) bond motifs is 1. The Balaban J connectivity index is 1.68. The average molecular weight is 369 g/mol. The van der Waals surface area contributed by atoms with E-state index < -0.39 is 24.5 Å². The molecule has 0 aliphatic carbocycles. The fraction of sp³-hybridized carbons (Fsp3) is 0.250. The van der Waals surface area contributed by atoms with Gasteiger partial charge in [-0.1, -0.05) is 19.1 Å². The van der Waals surface area contributed by atoms with E-state index in [0.717, 1.165) is 11.3 Å². The zero-order chi connectivity index (χ0) is 19.4. The van der Waals surface area contributed by atoms with Crippen LogP contribution < -0.4 is 9.47 Å². The lowest BCUT2D eigenvalue weighted by atomic mass is 10.1. The molecule has 0 N–H and O–H groups in total. The Morgan fingerprint density at radius 3 is 2.26 bits per heavy atom. The third-order valence-electron chi connectivity index (χ3n) is 4.06. The third-order valence-corrected chi connectivity index (χ3v) is 4.06. The normalized spacial score (nSPS) is 12.7. The number of amides is 2. The van der Waals surface area contributed by atoms with Crippen LogP contribution in [0.2, 0.25) is 0 Å². The van der Waals surface area contributed by atoms with Crippen molar-refractivity contribution < 1.29 is 28.6 Å². The quantitative estimate of drug-likeness (QED) is 0.551. The lowest BCUT2D eigenvalue weighted by molar-refractivity contribution is 0.0228. The first-order valence-corrected chi connectivity index (χ1v) is 8.50. The van der Waals surface area contributed by atoms with Crippen molar-refractivity contribution >= 4 is 17.8 Å². The van der Waals surface area contributed by atoms with Crippen molar-refractivity contribution in [2.75, 3.05) is 20.4 Å². The number of carbonyl (C=O) groups is 3. The van der Waals surface area contributed by atoms with Crippen molar-refractivity contribution in [2.45, 2.75) is 13.3 Å². The van der Waals surface area contributed by atoms with Crippen LogP contribution in [-0.2, 0) is 4.74 Å². The van der Waals surface area contributed by atoms with E-state index in [1.807, 2.05) is 6.92 Å². The molecule has 0 radical (unpaired) electrons. The molecule has 2 aromatic rings. The van der Waals surface area contributed by atoms with Crippen LogP contribution in [0.3, 0.4) is 0 Å². The summed E-state index contributed by atoms with van der Waals surface area (Å²) in [7, 11) is 1.47. The van der Waals surface area contributed by atoms with Crippen molar-refractivity contribution in [3.8, 4) is 11.5 Å². The van der Waals surface area contributed by atoms with Gasteiger partial charge in [-0.2, -0.15) is 0 Å². The predicted molar refractivity (Wildman–Crippen MR) is 96.0 cm³/mol. The average Bonchev–Trinajstić information content (AvgIpc) is 2.95. The van der Waals surface area contributed by atoms with Gasteiger partial charge in [0.05, 0.1) is 30.4 Å². The summed E-state index contributed by atoms with van der Waals surface area (Å²) in [4.78, 5) is 37.8. The van der Waals surface area contributed by atoms with E-state index in [9.17, 15) is 14.4 Å². The summed E-state index contributed by atoms with van der Waals surface area (Å²) < 4.78 is 15.9. The number of benzene rings is 2. The highest BCUT2D eigenvalue weighted by Gasteiger charge is 2.35. The highest BCUT2D eigenvalue weighted by atomic mass is 16.5. The van der Waals surface area contributed by atoms with E-state index in [-0.39, 0.29) is 5.56 Å². The molecule has 7 heteroatoms. The molecule has 0 spiro atoms. The molecule has 0 atom stereocenters. The molecule has 0 saturated heterocycles. The number of nitrogens with zero attached hydrogens (tertiary/aromatic N) is 1. The minimum atomic E-state index is -0.674. The first kappa shape index (κ1) is 18.4. The summed E-state index contributed by atoms with van der Waals surface area (Å²) in [5, 5.41) is 0. The molecule has 1 aliphatic heterocycles. The number of rotatable bonds is 7. The van der Waals surface area contributed by atoms with E-state index in [2.05, 4.69) is 0 Å². The van der Waals surface area contributed by atoms with Gasteiger partial charge in [-0.15, -0.1) is 0 Å². The second-order valence-corrected chi connectivity index (χ2v) is 5.86. The van der Waals surface area contributed by atoms with Crippen LogP contribution >= 0.6 is 0 Å². The Morgan fingerprint density at radius 2 is 1.67 bits per heavy atom. The Morgan fingerprint density at radius 1 is 1.00 bits per heavy atom. The van der Waals surface area contributed by atoms with Crippen LogP contribution in [0.25, 0.3) is 0 Å². The van der Waals surface area contributed by atoms with Crippen molar-refractivity contribution in [2.24, 2.45) is 0 Å². The van der Waals surface area contributed by atoms with Crippen molar-refractivity contribution in [1.82, 2.24) is 4.90 Å². The molecular formula is C20H19NO6. The summed E-state index contributed by atoms with van der Waals surface area (Å²) in [6.45, 7) is 2.05. The van der Waals surface area contributed by atoms with Gasteiger partial charge in [-0.3, -0.25) is 9.59 Å². The van der Waals surface area contributed by atoms with Crippen molar-refractivity contribution in [3.05, 3.63) is 59.2 Å². The smallest absolute Gasteiger partial charge is 0.340 e. The fourth-order valence-electron chi connectivity index (χ4n) is 2.69. The summed E-state index contributed by atoms with van der Waals surface area (Å²) in [5.74, 6) is -0.713. The van der Waals surface area contributed by atoms with E-state index in [1.54, 1.807) is 30.3 Å². The minimum Gasteiger partial charge on any atom is -0.493 e. The number of hydrogen-bond acceptors (Lipinski definition) is 6. The summed E-state index contributed by atoms with van der Waals surface area (Å²) in [6.07, 6.45) is 0.841. The van der Waals surface area contributed by atoms with Crippen LogP contribution in [0.1, 0.15) is 44.4 Å². The number of methoxy groups -OCH3 is 1. The van der Waals surface area contributed by atoms with Crippen LogP contribution in [0, 0.1) is 0 Å². The zero-order valence-electron chi connectivity index (χ0n) is 15.1. The molecule has 0 aromatic heterocycles. The van der Waals surface area contributed by atoms with Crippen LogP contribution in [-0.4, -0.2) is 43.1 Å². The van der Waals surface area contributed by atoms with E-state index >= 15 is 0 Å². The zero-order valence-corrected chi connectivity index (χ0v) is 15.1. The molecular weight excluding hydrogens is 350 g/mol. The number of imide groups is 1. The number of hydrogen-bond donors (Lipinski definition) is 0. The molecule has 7 nitrogen and oxygen atoms in total. The summed E-state index contributed by atoms with van der Waals surface area (Å²) in [5.41, 5.74) is 0.836. The van der Waals surface area contributed by atoms with Gasteiger partial charge in [0, 0.05) is 0 Å². The fourth-order valence-corrected chi connectivity index (χ4v) is 2.69. The highest BCUT2D eigenvalue weighted by Crippen LogP contribution is 2.29.